The van der Waals surface area contributed by atoms with Crippen LogP contribution in [0.2, 0.25) is 0 Å². The molecule has 2 aromatic heterocycles. The van der Waals surface area contributed by atoms with Gasteiger partial charge in [0.25, 0.3) is 0 Å². The zero-order valence-electron chi connectivity index (χ0n) is 12.1. The predicted octanol–water partition coefficient (Wildman–Crippen LogP) is 3.09. The van der Waals surface area contributed by atoms with Crippen LogP contribution < -0.4 is 5.32 Å². The molecule has 5 nitrogen and oxygen atoms in total. The Morgan fingerprint density at radius 1 is 1.05 bits per heavy atom. The predicted molar refractivity (Wildman–Crippen MR) is 83.4 cm³/mol. The van der Waals surface area contributed by atoms with Crippen molar-refractivity contribution in [2.75, 3.05) is 5.32 Å². The number of hydrogen-bond acceptors (Lipinski definition) is 3. The summed E-state index contributed by atoms with van der Waals surface area (Å²) < 4.78 is 2.23. The monoisotopic (exact) mass is 281 g/mol. The topological polar surface area (TPSA) is 47.7 Å². The van der Waals surface area contributed by atoms with E-state index in [2.05, 4.69) is 45.5 Å². The molecule has 0 spiro atoms. The van der Waals surface area contributed by atoms with Gasteiger partial charge in [0, 0.05) is 31.2 Å². The third kappa shape index (κ3) is 3.31. The van der Waals surface area contributed by atoms with E-state index in [0.717, 1.165) is 30.9 Å². The molecule has 5 heteroatoms. The molecule has 0 atom stereocenters. The minimum Gasteiger partial charge on any atom is -0.381 e. The lowest BCUT2D eigenvalue weighted by Gasteiger charge is -2.06. The SMILES string of the molecule is CCCn1ccc(CNc2ccc(-n3nccn3)cc2)c1. The van der Waals surface area contributed by atoms with Gasteiger partial charge in [-0.15, -0.1) is 0 Å². The van der Waals surface area contributed by atoms with Gasteiger partial charge < -0.3 is 9.88 Å². The van der Waals surface area contributed by atoms with Gasteiger partial charge in [0.1, 0.15) is 0 Å². The number of anilines is 1. The largest absolute Gasteiger partial charge is 0.381 e. The molecular formula is C16H19N5. The summed E-state index contributed by atoms with van der Waals surface area (Å²) in [6.45, 7) is 4.09. The van der Waals surface area contributed by atoms with E-state index in [0.29, 0.717) is 0 Å². The van der Waals surface area contributed by atoms with Crippen LogP contribution in [0.3, 0.4) is 0 Å². The van der Waals surface area contributed by atoms with E-state index in [-0.39, 0.29) is 0 Å². The first-order chi connectivity index (χ1) is 10.3. The molecule has 1 N–H and O–H groups in total. The number of benzene rings is 1. The zero-order valence-corrected chi connectivity index (χ0v) is 12.1. The Labute approximate surface area is 124 Å². The Morgan fingerprint density at radius 2 is 1.81 bits per heavy atom. The maximum Gasteiger partial charge on any atom is 0.0858 e. The lowest BCUT2D eigenvalue weighted by molar-refractivity contribution is 0.682. The molecule has 3 aromatic rings. The molecule has 0 saturated heterocycles. The van der Waals surface area contributed by atoms with Crippen LogP contribution in [-0.2, 0) is 13.1 Å². The molecule has 0 amide bonds. The molecule has 108 valence electrons. The zero-order chi connectivity index (χ0) is 14.5. The van der Waals surface area contributed by atoms with Crippen molar-refractivity contribution >= 4 is 5.69 Å². The fourth-order valence-electron chi connectivity index (χ4n) is 2.26. The molecule has 0 aliphatic heterocycles. The highest BCUT2D eigenvalue weighted by atomic mass is 15.5. The second-order valence-corrected chi connectivity index (χ2v) is 4.98. The summed E-state index contributed by atoms with van der Waals surface area (Å²) in [7, 11) is 0. The van der Waals surface area contributed by atoms with Crippen LogP contribution in [0, 0.1) is 0 Å². The van der Waals surface area contributed by atoms with Gasteiger partial charge in [0.05, 0.1) is 18.1 Å². The van der Waals surface area contributed by atoms with Crippen molar-refractivity contribution in [1.29, 1.82) is 0 Å². The van der Waals surface area contributed by atoms with E-state index >= 15 is 0 Å². The van der Waals surface area contributed by atoms with E-state index in [1.165, 1.54) is 5.56 Å². The average molecular weight is 281 g/mol. The van der Waals surface area contributed by atoms with E-state index < -0.39 is 0 Å². The molecule has 0 bridgehead atoms. The van der Waals surface area contributed by atoms with Crippen LogP contribution in [0.1, 0.15) is 18.9 Å². The molecule has 0 aliphatic carbocycles. The third-order valence-electron chi connectivity index (χ3n) is 3.31. The maximum absolute atomic E-state index is 4.11. The molecule has 3 rings (SSSR count). The molecule has 0 fully saturated rings. The van der Waals surface area contributed by atoms with Crippen molar-refractivity contribution in [1.82, 2.24) is 19.6 Å². The Kier molecular flexibility index (Phi) is 4.00. The van der Waals surface area contributed by atoms with Crippen LogP contribution in [-0.4, -0.2) is 19.6 Å². The minimum absolute atomic E-state index is 0.829. The van der Waals surface area contributed by atoms with Gasteiger partial charge in [-0.25, -0.2) is 0 Å². The van der Waals surface area contributed by atoms with Crippen molar-refractivity contribution in [2.24, 2.45) is 0 Å². The fraction of sp³-hybridized carbons (Fsp3) is 0.250. The van der Waals surface area contributed by atoms with Crippen molar-refractivity contribution in [3.8, 4) is 5.69 Å². The number of nitrogens with zero attached hydrogens (tertiary/aromatic N) is 4. The van der Waals surface area contributed by atoms with Gasteiger partial charge in [0.15, 0.2) is 0 Å². The number of aromatic nitrogens is 4. The van der Waals surface area contributed by atoms with Crippen LogP contribution >= 0.6 is 0 Å². The second-order valence-electron chi connectivity index (χ2n) is 4.98. The summed E-state index contributed by atoms with van der Waals surface area (Å²) in [6, 6.07) is 10.3. The molecule has 0 radical (unpaired) electrons. The molecule has 0 saturated carbocycles. The Balaban J connectivity index is 1.60. The number of hydrogen-bond donors (Lipinski definition) is 1. The highest BCUT2D eigenvalue weighted by Gasteiger charge is 1.99. The highest BCUT2D eigenvalue weighted by Crippen LogP contribution is 2.13. The number of aryl methyl sites for hydroxylation is 1. The number of rotatable bonds is 6. The minimum atomic E-state index is 0.829. The summed E-state index contributed by atoms with van der Waals surface area (Å²) in [4.78, 5) is 1.61. The van der Waals surface area contributed by atoms with E-state index in [1.807, 2.05) is 24.3 Å². The van der Waals surface area contributed by atoms with Crippen LogP contribution in [0.25, 0.3) is 5.69 Å². The van der Waals surface area contributed by atoms with Gasteiger partial charge in [-0.3, -0.25) is 0 Å². The summed E-state index contributed by atoms with van der Waals surface area (Å²) in [6.07, 6.45) is 8.83. The first-order valence-corrected chi connectivity index (χ1v) is 7.20. The van der Waals surface area contributed by atoms with Gasteiger partial charge in [-0.05, 0) is 42.3 Å². The van der Waals surface area contributed by atoms with Gasteiger partial charge >= 0.3 is 0 Å². The van der Waals surface area contributed by atoms with Crippen LogP contribution in [0.4, 0.5) is 5.69 Å². The average Bonchev–Trinajstić information content (AvgIpc) is 3.18. The molecule has 1 aromatic carbocycles. The molecular weight excluding hydrogens is 262 g/mol. The Hall–Kier alpha value is -2.56. The Morgan fingerprint density at radius 3 is 2.52 bits per heavy atom. The smallest absolute Gasteiger partial charge is 0.0858 e. The first-order valence-electron chi connectivity index (χ1n) is 7.20. The highest BCUT2D eigenvalue weighted by molar-refractivity contribution is 5.48. The summed E-state index contributed by atoms with van der Waals surface area (Å²) in [5, 5.41) is 11.7. The van der Waals surface area contributed by atoms with Crippen molar-refractivity contribution in [3.63, 3.8) is 0 Å². The normalized spacial score (nSPS) is 10.7. The molecule has 0 unspecified atom stereocenters. The third-order valence-corrected chi connectivity index (χ3v) is 3.31. The second kappa shape index (κ2) is 6.26. The maximum atomic E-state index is 4.11. The van der Waals surface area contributed by atoms with Crippen molar-refractivity contribution in [3.05, 3.63) is 60.7 Å². The standard InChI is InChI=1S/C16H19N5/c1-2-10-20-11-7-14(13-20)12-17-15-3-5-16(6-4-15)21-18-8-9-19-21/h3-9,11,13,17H,2,10,12H2,1H3. The van der Waals surface area contributed by atoms with E-state index in [1.54, 1.807) is 17.2 Å². The van der Waals surface area contributed by atoms with Gasteiger partial charge in [0.2, 0.25) is 0 Å². The lowest BCUT2D eigenvalue weighted by Crippen LogP contribution is -2.01. The Bertz CT molecular complexity index is 667. The van der Waals surface area contributed by atoms with Crippen molar-refractivity contribution < 1.29 is 0 Å². The fourth-order valence-corrected chi connectivity index (χ4v) is 2.26. The molecule has 0 aliphatic rings. The summed E-state index contributed by atoms with van der Waals surface area (Å²) >= 11 is 0. The van der Waals surface area contributed by atoms with Crippen LogP contribution in [0.5, 0.6) is 0 Å². The summed E-state index contributed by atoms with van der Waals surface area (Å²) in [5.41, 5.74) is 3.34. The summed E-state index contributed by atoms with van der Waals surface area (Å²) in [5.74, 6) is 0. The molecule has 2 heterocycles. The van der Waals surface area contributed by atoms with Crippen LogP contribution in [0.15, 0.2) is 55.1 Å². The van der Waals surface area contributed by atoms with Gasteiger partial charge in [-0.2, -0.15) is 15.0 Å². The van der Waals surface area contributed by atoms with E-state index in [9.17, 15) is 0 Å². The first kappa shape index (κ1) is 13.4. The van der Waals surface area contributed by atoms with E-state index in [4.69, 9.17) is 0 Å². The lowest BCUT2D eigenvalue weighted by atomic mass is 10.2. The van der Waals surface area contributed by atoms with Crippen molar-refractivity contribution in [2.45, 2.75) is 26.4 Å². The quantitative estimate of drug-likeness (QED) is 0.755. The number of nitrogens with one attached hydrogen (secondary N) is 1. The van der Waals surface area contributed by atoms with Gasteiger partial charge in [-0.1, -0.05) is 6.92 Å². The molecule has 21 heavy (non-hydrogen) atoms.